The average molecular weight is 415 g/mol. The molecule has 0 unspecified atom stereocenters. The van der Waals surface area contributed by atoms with Gasteiger partial charge in [-0.2, -0.15) is 0 Å². The number of fused-ring (bicyclic) bond motifs is 1. The molecule has 2 fully saturated rings. The van der Waals surface area contributed by atoms with E-state index in [0.717, 1.165) is 45.4 Å². The third-order valence-electron chi connectivity index (χ3n) is 6.66. The average Bonchev–Trinajstić information content (AvgIpc) is 2.79. The van der Waals surface area contributed by atoms with Crippen LogP contribution >= 0.6 is 0 Å². The Bertz CT molecular complexity index is 989. The number of aromatic nitrogens is 1. The molecular formula is C23H31FN4O2. The monoisotopic (exact) mass is 414 g/mol. The quantitative estimate of drug-likeness (QED) is 0.836. The number of carbonyl (C=O) groups excluding carboxylic acids is 1. The van der Waals surface area contributed by atoms with E-state index in [2.05, 4.69) is 12.2 Å². The molecule has 2 aliphatic rings. The van der Waals surface area contributed by atoms with Crippen LogP contribution in [0.2, 0.25) is 0 Å². The maximum absolute atomic E-state index is 15.0. The largest absolute Gasteiger partial charge is 0.367 e. The molecule has 1 aromatic carbocycles. The van der Waals surface area contributed by atoms with Crippen LogP contribution in [0.25, 0.3) is 10.9 Å². The predicted octanol–water partition coefficient (Wildman–Crippen LogP) is 2.83. The number of rotatable bonds is 4. The molecule has 0 spiro atoms. The van der Waals surface area contributed by atoms with Gasteiger partial charge < -0.3 is 19.7 Å². The smallest absolute Gasteiger partial charge is 0.259 e. The standard InChI is InChI=1S/C23H31FN4O2/c1-3-16-5-9-28(10-6-16)23(30)18-15-26(4-2)20-14-21(27-11-7-25-8-12-27)19(24)13-17(20)22(18)29/h13-16,25H,3-12H2,1-2H3. The fraction of sp³-hybridized carbons (Fsp3) is 0.565. The van der Waals surface area contributed by atoms with Gasteiger partial charge in [-0.05, 0) is 37.8 Å². The molecule has 2 saturated heterocycles. The lowest BCUT2D eigenvalue weighted by molar-refractivity contribution is 0.0687. The van der Waals surface area contributed by atoms with Crippen molar-refractivity contribution in [1.29, 1.82) is 0 Å². The van der Waals surface area contributed by atoms with Crippen LogP contribution in [0, 0.1) is 11.7 Å². The molecule has 2 aromatic rings. The summed E-state index contributed by atoms with van der Waals surface area (Å²) in [6.07, 6.45) is 4.73. The van der Waals surface area contributed by atoms with E-state index in [0.29, 0.717) is 36.8 Å². The Hall–Kier alpha value is -2.41. The van der Waals surface area contributed by atoms with Crippen LogP contribution in [0.15, 0.2) is 23.1 Å². The summed E-state index contributed by atoms with van der Waals surface area (Å²) in [5.74, 6) is 0.0122. The lowest BCUT2D eigenvalue weighted by Gasteiger charge is -2.32. The Balaban J connectivity index is 1.73. The molecule has 30 heavy (non-hydrogen) atoms. The highest BCUT2D eigenvalue weighted by molar-refractivity contribution is 5.98. The Morgan fingerprint density at radius 3 is 2.47 bits per heavy atom. The van der Waals surface area contributed by atoms with Gasteiger partial charge in [0.05, 0.1) is 11.2 Å². The number of amides is 1. The molecule has 7 heteroatoms. The molecule has 3 heterocycles. The van der Waals surface area contributed by atoms with Crippen LogP contribution in [-0.2, 0) is 6.54 Å². The molecule has 1 amide bonds. The van der Waals surface area contributed by atoms with E-state index in [1.165, 1.54) is 6.07 Å². The van der Waals surface area contributed by atoms with E-state index in [-0.39, 0.29) is 22.3 Å². The Kier molecular flexibility index (Phi) is 6.09. The summed E-state index contributed by atoms with van der Waals surface area (Å²) in [5, 5.41) is 3.55. The van der Waals surface area contributed by atoms with Crippen LogP contribution in [0.5, 0.6) is 0 Å². The number of halogens is 1. The van der Waals surface area contributed by atoms with Gasteiger partial charge in [0.15, 0.2) is 0 Å². The number of aryl methyl sites for hydroxylation is 1. The van der Waals surface area contributed by atoms with Crippen LogP contribution < -0.4 is 15.6 Å². The zero-order chi connectivity index (χ0) is 21.3. The molecule has 6 nitrogen and oxygen atoms in total. The Morgan fingerprint density at radius 2 is 1.83 bits per heavy atom. The number of pyridine rings is 1. The molecule has 0 radical (unpaired) electrons. The van der Waals surface area contributed by atoms with Crippen molar-refractivity contribution in [3.63, 3.8) is 0 Å². The van der Waals surface area contributed by atoms with E-state index in [1.54, 1.807) is 17.2 Å². The van der Waals surface area contributed by atoms with Crippen molar-refractivity contribution in [3.8, 4) is 0 Å². The molecule has 2 aliphatic heterocycles. The van der Waals surface area contributed by atoms with Gasteiger partial charge in [0, 0.05) is 57.4 Å². The van der Waals surface area contributed by atoms with Crippen molar-refractivity contribution in [2.24, 2.45) is 5.92 Å². The van der Waals surface area contributed by atoms with Gasteiger partial charge in [0.25, 0.3) is 5.91 Å². The molecular weight excluding hydrogens is 383 g/mol. The fourth-order valence-electron chi connectivity index (χ4n) is 4.68. The maximum atomic E-state index is 15.0. The Morgan fingerprint density at radius 1 is 1.13 bits per heavy atom. The topological polar surface area (TPSA) is 57.6 Å². The number of carbonyl (C=O) groups is 1. The highest BCUT2D eigenvalue weighted by Crippen LogP contribution is 2.26. The summed E-state index contributed by atoms with van der Waals surface area (Å²) >= 11 is 0. The summed E-state index contributed by atoms with van der Waals surface area (Å²) in [7, 11) is 0. The first kappa shape index (κ1) is 20.8. The van der Waals surface area contributed by atoms with Gasteiger partial charge in [-0.15, -0.1) is 0 Å². The highest BCUT2D eigenvalue weighted by atomic mass is 19.1. The summed E-state index contributed by atoms with van der Waals surface area (Å²) in [5.41, 5.74) is 0.974. The minimum atomic E-state index is -0.405. The van der Waals surface area contributed by atoms with E-state index in [1.807, 2.05) is 16.4 Å². The van der Waals surface area contributed by atoms with Crippen molar-refractivity contribution in [2.45, 2.75) is 39.7 Å². The fourth-order valence-corrected chi connectivity index (χ4v) is 4.68. The second-order valence-corrected chi connectivity index (χ2v) is 8.36. The first-order valence-corrected chi connectivity index (χ1v) is 11.1. The number of piperazine rings is 1. The number of nitrogens with one attached hydrogen (secondary N) is 1. The Labute approximate surface area is 176 Å². The molecule has 0 bridgehead atoms. The molecule has 0 atom stereocenters. The number of likely N-dealkylation sites (tertiary alicyclic amines) is 1. The number of hydrogen-bond donors (Lipinski definition) is 1. The molecule has 0 saturated carbocycles. The zero-order valence-corrected chi connectivity index (χ0v) is 17.9. The number of hydrogen-bond acceptors (Lipinski definition) is 4. The van der Waals surface area contributed by atoms with Gasteiger partial charge in [0.2, 0.25) is 5.43 Å². The minimum Gasteiger partial charge on any atom is -0.367 e. The molecule has 1 N–H and O–H groups in total. The first-order valence-electron chi connectivity index (χ1n) is 11.1. The lowest BCUT2D eigenvalue weighted by Crippen LogP contribution is -2.44. The third kappa shape index (κ3) is 3.83. The van der Waals surface area contributed by atoms with Gasteiger partial charge >= 0.3 is 0 Å². The van der Waals surface area contributed by atoms with E-state index >= 15 is 0 Å². The van der Waals surface area contributed by atoms with Crippen molar-refractivity contribution in [1.82, 2.24) is 14.8 Å². The molecule has 4 rings (SSSR count). The summed E-state index contributed by atoms with van der Waals surface area (Å²) in [6.45, 7) is 9.16. The van der Waals surface area contributed by atoms with Crippen molar-refractivity contribution in [2.75, 3.05) is 44.2 Å². The van der Waals surface area contributed by atoms with E-state index in [9.17, 15) is 14.0 Å². The molecule has 162 valence electrons. The van der Waals surface area contributed by atoms with Crippen LogP contribution in [0.3, 0.4) is 0 Å². The van der Waals surface area contributed by atoms with Crippen molar-refractivity contribution < 1.29 is 9.18 Å². The van der Waals surface area contributed by atoms with Crippen LogP contribution in [0.4, 0.5) is 10.1 Å². The van der Waals surface area contributed by atoms with Gasteiger partial charge in [-0.1, -0.05) is 13.3 Å². The lowest BCUT2D eigenvalue weighted by atomic mass is 9.94. The number of anilines is 1. The summed E-state index contributed by atoms with van der Waals surface area (Å²) in [4.78, 5) is 30.1. The van der Waals surface area contributed by atoms with E-state index in [4.69, 9.17) is 0 Å². The van der Waals surface area contributed by atoms with Crippen LogP contribution in [0.1, 0.15) is 43.5 Å². The summed E-state index contributed by atoms with van der Waals surface area (Å²) < 4.78 is 16.9. The number of nitrogens with zero attached hydrogens (tertiary/aromatic N) is 3. The van der Waals surface area contributed by atoms with Crippen molar-refractivity contribution >= 4 is 22.5 Å². The summed E-state index contributed by atoms with van der Waals surface area (Å²) in [6, 6.07) is 3.09. The van der Waals surface area contributed by atoms with E-state index < -0.39 is 5.82 Å². The normalized spacial score (nSPS) is 18.2. The maximum Gasteiger partial charge on any atom is 0.259 e. The SMILES string of the molecule is CCC1CCN(C(=O)c2cn(CC)c3cc(N4CCNCC4)c(F)cc3c2=O)CC1. The van der Waals surface area contributed by atoms with Crippen LogP contribution in [-0.4, -0.2) is 54.6 Å². The molecule has 1 aromatic heterocycles. The van der Waals surface area contributed by atoms with Gasteiger partial charge in [0.1, 0.15) is 11.4 Å². The predicted molar refractivity (Wildman–Crippen MR) is 118 cm³/mol. The van der Waals surface area contributed by atoms with Crippen molar-refractivity contribution in [3.05, 3.63) is 39.9 Å². The second kappa shape index (κ2) is 8.76. The first-order chi connectivity index (χ1) is 14.5. The number of piperidine rings is 1. The highest BCUT2D eigenvalue weighted by Gasteiger charge is 2.26. The van der Waals surface area contributed by atoms with Gasteiger partial charge in [-0.25, -0.2) is 4.39 Å². The minimum absolute atomic E-state index is 0.147. The number of benzene rings is 1. The third-order valence-corrected chi connectivity index (χ3v) is 6.66. The molecule has 0 aliphatic carbocycles. The zero-order valence-electron chi connectivity index (χ0n) is 17.9. The van der Waals surface area contributed by atoms with Gasteiger partial charge in [-0.3, -0.25) is 9.59 Å². The second-order valence-electron chi connectivity index (χ2n) is 8.36.